The summed E-state index contributed by atoms with van der Waals surface area (Å²) < 4.78 is 39.0. The maximum absolute atomic E-state index is 13.0. The topological polar surface area (TPSA) is 15.3 Å². The molecule has 1 unspecified atom stereocenters. The molecule has 0 bridgehead atoms. The number of fused-ring (bicyclic) bond motifs is 1. The first kappa shape index (κ1) is 20.5. The number of hydrogen-bond acceptors (Lipinski definition) is 2. The molecule has 0 saturated carbocycles. The first-order valence-electron chi connectivity index (χ1n) is 10.2. The molecule has 2 nitrogen and oxygen atoms in total. The van der Waals surface area contributed by atoms with E-state index in [2.05, 4.69) is 34.5 Å². The van der Waals surface area contributed by atoms with Crippen LogP contribution in [0.4, 0.5) is 24.5 Å². The Balaban J connectivity index is 1.72. The molecule has 0 aliphatic carbocycles. The van der Waals surface area contributed by atoms with Crippen molar-refractivity contribution < 1.29 is 13.2 Å². The van der Waals surface area contributed by atoms with Gasteiger partial charge in [-0.2, -0.15) is 13.2 Å². The summed E-state index contributed by atoms with van der Waals surface area (Å²) in [5, 5.41) is 3.26. The van der Waals surface area contributed by atoms with Gasteiger partial charge in [-0.25, -0.2) is 0 Å². The van der Waals surface area contributed by atoms with Crippen LogP contribution in [0.2, 0.25) is 0 Å². The van der Waals surface area contributed by atoms with Gasteiger partial charge in [0.05, 0.1) is 5.56 Å². The second-order valence-corrected chi connectivity index (χ2v) is 7.86. The van der Waals surface area contributed by atoms with Gasteiger partial charge in [0, 0.05) is 17.9 Å². The van der Waals surface area contributed by atoms with E-state index in [0.717, 1.165) is 37.3 Å². The Bertz CT molecular complexity index is 982. The lowest BCUT2D eigenvalue weighted by Crippen LogP contribution is -2.37. The molecule has 0 fully saturated rings. The summed E-state index contributed by atoms with van der Waals surface area (Å²) >= 11 is 0. The number of hydrogen-bond donors (Lipinski definition) is 1. The van der Waals surface area contributed by atoms with E-state index in [1.54, 1.807) is 12.1 Å². The number of benzene rings is 3. The summed E-state index contributed by atoms with van der Waals surface area (Å²) in [6, 6.07) is 22.2. The van der Waals surface area contributed by atoms with E-state index in [4.69, 9.17) is 0 Å². The van der Waals surface area contributed by atoms with E-state index in [0.29, 0.717) is 5.92 Å². The molecule has 0 amide bonds. The quantitative estimate of drug-likeness (QED) is 0.570. The molecule has 4 rings (SSSR count). The lowest BCUT2D eigenvalue weighted by molar-refractivity contribution is -0.137. The van der Waals surface area contributed by atoms with Crippen LogP contribution >= 0.6 is 0 Å². The van der Waals surface area contributed by atoms with Gasteiger partial charge >= 0.3 is 6.18 Å². The zero-order valence-electron chi connectivity index (χ0n) is 16.9. The van der Waals surface area contributed by atoms with Crippen molar-refractivity contribution in [1.82, 2.24) is 5.32 Å². The van der Waals surface area contributed by atoms with Crippen molar-refractivity contribution in [3.05, 3.63) is 95.1 Å². The predicted molar refractivity (Wildman–Crippen MR) is 115 cm³/mol. The highest BCUT2D eigenvalue weighted by Crippen LogP contribution is 2.39. The fraction of sp³-hybridized carbons (Fsp3) is 0.280. The highest BCUT2D eigenvalue weighted by molar-refractivity contribution is 5.70. The lowest BCUT2D eigenvalue weighted by Gasteiger charge is -2.37. The number of anilines is 2. The molecule has 0 aromatic heterocycles. The van der Waals surface area contributed by atoms with Gasteiger partial charge in [-0.3, -0.25) is 0 Å². The maximum atomic E-state index is 13.0. The Hall–Kier alpha value is -2.79. The molecule has 3 aromatic carbocycles. The van der Waals surface area contributed by atoms with Crippen molar-refractivity contribution in [3.63, 3.8) is 0 Å². The lowest BCUT2D eigenvalue weighted by atomic mass is 9.86. The molecule has 3 aromatic rings. The third-order valence-electron chi connectivity index (χ3n) is 5.71. The molecular weight excluding hydrogens is 385 g/mol. The average molecular weight is 410 g/mol. The summed E-state index contributed by atoms with van der Waals surface area (Å²) in [4.78, 5) is 2.16. The zero-order valence-corrected chi connectivity index (χ0v) is 16.9. The minimum absolute atomic E-state index is 0.377. The van der Waals surface area contributed by atoms with E-state index in [1.807, 2.05) is 31.3 Å². The Morgan fingerprint density at radius 3 is 2.33 bits per heavy atom. The van der Waals surface area contributed by atoms with Crippen molar-refractivity contribution >= 4 is 11.4 Å². The second kappa shape index (κ2) is 8.52. The maximum Gasteiger partial charge on any atom is 0.416 e. The summed E-state index contributed by atoms with van der Waals surface area (Å²) in [5.74, 6) is 0.377. The van der Waals surface area contributed by atoms with Crippen LogP contribution in [0.15, 0.2) is 72.8 Å². The Kier molecular flexibility index (Phi) is 5.82. The van der Waals surface area contributed by atoms with Crippen LogP contribution in [0, 0.1) is 5.92 Å². The summed E-state index contributed by atoms with van der Waals surface area (Å²) in [6.45, 7) is 1.63. The second-order valence-electron chi connectivity index (χ2n) is 7.86. The van der Waals surface area contributed by atoms with Crippen LogP contribution in [-0.4, -0.2) is 20.1 Å². The number of nitrogens with one attached hydrogen (secondary N) is 1. The molecule has 1 aliphatic heterocycles. The SMILES string of the molecule is CNCC1Cc2c(Cc3ccccc3)cccc2N(c2ccc(C(F)(F)F)cc2)C1. The number of halogens is 3. The number of nitrogens with zero attached hydrogens (tertiary/aromatic N) is 1. The molecular formula is C25H25F3N2. The van der Waals surface area contributed by atoms with Crippen molar-refractivity contribution in [1.29, 1.82) is 0 Å². The van der Waals surface area contributed by atoms with Gasteiger partial charge in [-0.05, 0) is 79.4 Å². The van der Waals surface area contributed by atoms with Crippen molar-refractivity contribution in [2.24, 2.45) is 5.92 Å². The van der Waals surface area contributed by atoms with Crippen LogP contribution in [0.25, 0.3) is 0 Å². The van der Waals surface area contributed by atoms with Gasteiger partial charge < -0.3 is 10.2 Å². The van der Waals surface area contributed by atoms with Gasteiger partial charge in [0.25, 0.3) is 0 Å². The third-order valence-corrected chi connectivity index (χ3v) is 5.71. The van der Waals surface area contributed by atoms with E-state index in [9.17, 15) is 13.2 Å². The highest BCUT2D eigenvalue weighted by atomic mass is 19.4. The van der Waals surface area contributed by atoms with Gasteiger partial charge in [0.2, 0.25) is 0 Å². The van der Waals surface area contributed by atoms with Gasteiger partial charge in [0.15, 0.2) is 0 Å². The molecule has 156 valence electrons. The zero-order chi connectivity index (χ0) is 21.1. The molecule has 0 radical (unpaired) electrons. The first-order chi connectivity index (χ1) is 14.5. The van der Waals surface area contributed by atoms with E-state index in [1.165, 1.54) is 28.8 Å². The van der Waals surface area contributed by atoms with Crippen LogP contribution < -0.4 is 10.2 Å². The molecule has 30 heavy (non-hydrogen) atoms. The summed E-state index contributed by atoms with van der Waals surface area (Å²) in [7, 11) is 1.94. The first-order valence-corrected chi connectivity index (χ1v) is 10.2. The van der Waals surface area contributed by atoms with Crippen LogP contribution in [0.3, 0.4) is 0 Å². The molecule has 0 spiro atoms. The van der Waals surface area contributed by atoms with Crippen molar-refractivity contribution in [2.45, 2.75) is 19.0 Å². The van der Waals surface area contributed by atoms with Crippen LogP contribution in [0.1, 0.15) is 22.3 Å². The monoisotopic (exact) mass is 410 g/mol. The van der Waals surface area contributed by atoms with E-state index >= 15 is 0 Å². The van der Waals surface area contributed by atoms with Gasteiger partial charge in [0.1, 0.15) is 0 Å². The fourth-order valence-electron chi connectivity index (χ4n) is 4.30. The van der Waals surface area contributed by atoms with Gasteiger partial charge in [-0.1, -0.05) is 42.5 Å². The standard InChI is InChI=1S/C25H25F3N2/c1-29-16-19-15-23-20(14-18-6-3-2-4-7-18)8-5-9-24(23)30(17-19)22-12-10-21(11-13-22)25(26,27)28/h2-13,19,29H,14-17H2,1H3. The van der Waals surface area contributed by atoms with Crippen molar-refractivity contribution in [2.75, 3.05) is 25.0 Å². The number of alkyl halides is 3. The van der Waals surface area contributed by atoms with Crippen molar-refractivity contribution in [3.8, 4) is 0 Å². The number of rotatable bonds is 5. The van der Waals surface area contributed by atoms with Gasteiger partial charge in [-0.15, -0.1) is 0 Å². The van der Waals surface area contributed by atoms with E-state index in [-0.39, 0.29) is 0 Å². The third kappa shape index (κ3) is 4.36. The minimum atomic E-state index is -4.32. The Morgan fingerprint density at radius 2 is 1.67 bits per heavy atom. The largest absolute Gasteiger partial charge is 0.416 e. The normalized spacial score (nSPS) is 16.4. The smallest absolute Gasteiger partial charge is 0.341 e. The summed E-state index contributed by atoms with van der Waals surface area (Å²) in [5.41, 5.74) is 5.08. The molecule has 1 atom stereocenters. The Morgan fingerprint density at radius 1 is 0.933 bits per heavy atom. The molecule has 1 N–H and O–H groups in total. The molecule has 1 heterocycles. The predicted octanol–water partition coefficient (Wildman–Crippen LogP) is 5.83. The molecule has 1 aliphatic rings. The fourth-order valence-corrected chi connectivity index (χ4v) is 4.30. The van der Waals surface area contributed by atoms with Crippen LogP contribution in [0.5, 0.6) is 0 Å². The minimum Gasteiger partial charge on any atom is -0.341 e. The summed E-state index contributed by atoms with van der Waals surface area (Å²) in [6.07, 6.45) is -2.52. The van der Waals surface area contributed by atoms with E-state index < -0.39 is 11.7 Å². The molecule has 5 heteroatoms. The average Bonchev–Trinajstić information content (AvgIpc) is 2.74. The highest BCUT2D eigenvalue weighted by Gasteiger charge is 2.31. The Labute approximate surface area is 175 Å². The molecule has 0 saturated heterocycles. The van der Waals surface area contributed by atoms with Crippen LogP contribution in [-0.2, 0) is 19.0 Å².